The molecule has 1 radical (unpaired) electrons. The van der Waals surface area contributed by atoms with Crippen LogP contribution in [0.15, 0.2) is 12.7 Å². The lowest BCUT2D eigenvalue weighted by Gasteiger charge is -2.03. The molecule has 63 valence electrons. The number of aliphatic hydroxyl groups excluding tert-OH is 1. The van der Waals surface area contributed by atoms with Crippen LogP contribution >= 0.6 is 8.46 Å². The molecule has 0 heterocycles. The van der Waals surface area contributed by atoms with E-state index in [0.29, 0.717) is 25.1 Å². The van der Waals surface area contributed by atoms with Crippen LogP contribution in [-0.2, 0) is 4.57 Å². The smallest absolute Gasteiger partial charge is 0.155 e. The molecule has 0 aromatic carbocycles. The average molecular weight is 173 g/mol. The molecular formula is C8H14O2P. The molecule has 1 N–H and O–H groups in total. The van der Waals surface area contributed by atoms with E-state index in [1.165, 1.54) is 0 Å². The van der Waals surface area contributed by atoms with Crippen LogP contribution in [0.1, 0.15) is 25.7 Å². The molecule has 3 heteroatoms. The molecule has 0 amide bonds. The molecule has 0 atom stereocenters. The maximum Gasteiger partial charge on any atom is 0.155 e. The molecule has 0 saturated heterocycles. The van der Waals surface area contributed by atoms with Crippen LogP contribution in [0.25, 0.3) is 0 Å². The van der Waals surface area contributed by atoms with E-state index >= 15 is 0 Å². The van der Waals surface area contributed by atoms with Crippen molar-refractivity contribution >= 4 is 8.46 Å². The SMILES string of the molecule is C=CC[C](O)CCCCP=O. The molecule has 0 bridgehead atoms. The monoisotopic (exact) mass is 173 g/mol. The van der Waals surface area contributed by atoms with Crippen molar-refractivity contribution in [1.82, 2.24) is 0 Å². The Balaban J connectivity index is 3.09. The highest BCUT2D eigenvalue weighted by Gasteiger charge is 2.01. The third-order valence-corrected chi connectivity index (χ3v) is 1.84. The summed E-state index contributed by atoms with van der Waals surface area (Å²) < 4.78 is 9.99. The van der Waals surface area contributed by atoms with Crippen LogP contribution < -0.4 is 0 Å². The van der Waals surface area contributed by atoms with Gasteiger partial charge in [0.1, 0.15) is 0 Å². The first kappa shape index (κ1) is 10.8. The summed E-state index contributed by atoms with van der Waals surface area (Å²) in [6, 6.07) is 0. The first-order valence-electron chi connectivity index (χ1n) is 3.75. The molecule has 0 aliphatic carbocycles. The van der Waals surface area contributed by atoms with E-state index in [0.717, 1.165) is 12.8 Å². The standard InChI is InChI=1S/C8H14O2P/c1-2-5-8(9)6-3-4-7-11-10/h2,9H,1,3-7H2. The highest BCUT2D eigenvalue weighted by molar-refractivity contribution is 7.23. The molecule has 2 nitrogen and oxygen atoms in total. The first-order valence-corrected chi connectivity index (χ1v) is 4.74. The van der Waals surface area contributed by atoms with Gasteiger partial charge in [0.05, 0.1) is 6.10 Å². The Hall–Kier alpha value is -0.200. The van der Waals surface area contributed by atoms with Gasteiger partial charge >= 0.3 is 0 Å². The molecule has 0 fully saturated rings. The lowest BCUT2D eigenvalue weighted by Crippen LogP contribution is -1.93. The average Bonchev–Trinajstić information content (AvgIpc) is 1.99. The number of rotatable bonds is 7. The zero-order chi connectivity index (χ0) is 8.53. The maximum absolute atomic E-state index is 9.99. The van der Waals surface area contributed by atoms with E-state index in [1.54, 1.807) is 6.08 Å². The Bertz CT molecular complexity index is 115. The minimum atomic E-state index is 0.203. The third kappa shape index (κ3) is 7.70. The summed E-state index contributed by atoms with van der Waals surface area (Å²) in [5.41, 5.74) is 0. The molecule has 11 heavy (non-hydrogen) atoms. The molecule has 0 aliphatic heterocycles. The van der Waals surface area contributed by atoms with Gasteiger partial charge in [-0.1, -0.05) is 6.08 Å². The van der Waals surface area contributed by atoms with Crippen molar-refractivity contribution in [3.8, 4) is 0 Å². The van der Waals surface area contributed by atoms with Gasteiger partial charge in [-0.25, -0.2) is 0 Å². The highest BCUT2D eigenvalue weighted by Crippen LogP contribution is 2.12. The quantitative estimate of drug-likeness (QED) is 0.365. The minimum absolute atomic E-state index is 0.203. The van der Waals surface area contributed by atoms with Crippen LogP contribution in [0, 0.1) is 6.10 Å². The van der Waals surface area contributed by atoms with E-state index in [4.69, 9.17) is 5.11 Å². The fourth-order valence-electron chi connectivity index (χ4n) is 0.774. The predicted molar refractivity (Wildman–Crippen MR) is 46.3 cm³/mol. The Kier molecular flexibility index (Phi) is 7.76. The van der Waals surface area contributed by atoms with E-state index in [9.17, 15) is 4.57 Å². The van der Waals surface area contributed by atoms with Gasteiger partial charge in [0.25, 0.3) is 0 Å². The van der Waals surface area contributed by atoms with Gasteiger partial charge in [0.15, 0.2) is 8.46 Å². The van der Waals surface area contributed by atoms with Crippen molar-refractivity contribution in [2.24, 2.45) is 0 Å². The summed E-state index contributed by atoms with van der Waals surface area (Å²) in [4.78, 5) is 0. The molecule has 0 unspecified atom stereocenters. The van der Waals surface area contributed by atoms with Crippen molar-refractivity contribution in [2.75, 3.05) is 6.16 Å². The van der Waals surface area contributed by atoms with Gasteiger partial charge in [-0.3, -0.25) is 4.57 Å². The lowest BCUT2D eigenvalue weighted by atomic mass is 10.1. The number of unbranched alkanes of at least 4 members (excludes halogenated alkanes) is 1. The summed E-state index contributed by atoms with van der Waals surface area (Å²) in [5, 5.41) is 9.11. The molecule has 0 saturated carbocycles. The Morgan fingerprint density at radius 2 is 2.27 bits per heavy atom. The fraction of sp³-hybridized carbons (Fsp3) is 0.625. The number of hydrogen-bond acceptors (Lipinski definition) is 2. The normalized spacial score (nSPS) is 10.7. The van der Waals surface area contributed by atoms with E-state index in [-0.39, 0.29) is 8.46 Å². The zero-order valence-electron chi connectivity index (χ0n) is 6.62. The van der Waals surface area contributed by atoms with Gasteiger partial charge < -0.3 is 5.11 Å². The highest BCUT2D eigenvalue weighted by atomic mass is 31.1. The van der Waals surface area contributed by atoms with E-state index < -0.39 is 0 Å². The predicted octanol–water partition coefficient (Wildman–Crippen LogP) is 2.93. The molecule has 0 rings (SSSR count). The number of aliphatic hydroxyl groups is 1. The lowest BCUT2D eigenvalue weighted by molar-refractivity contribution is 0.277. The van der Waals surface area contributed by atoms with Crippen LogP contribution in [0.3, 0.4) is 0 Å². The van der Waals surface area contributed by atoms with Crippen molar-refractivity contribution in [3.63, 3.8) is 0 Å². The molecule has 0 spiro atoms. The topological polar surface area (TPSA) is 37.3 Å². The molecular weight excluding hydrogens is 159 g/mol. The van der Waals surface area contributed by atoms with Gasteiger partial charge in [-0.2, -0.15) is 0 Å². The van der Waals surface area contributed by atoms with Crippen LogP contribution in [0.4, 0.5) is 0 Å². The molecule has 0 aromatic heterocycles. The Morgan fingerprint density at radius 1 is 1.55 bits per heavy atom. The summed E-state index contributed by atoms with van der Waals surface area (Å²) >= 11 is 0. The third-order valence-electron chi connectivity index (χ3n) is 1.34. The fourth-order valence-corrected chi connectivity index (χ4v) is 1.13. The van der Waals surface area contributed by atoms with Crippen molar-refractivity contribution < 1.29 is 9.67 Å². The maximum atomic E-state index is 9.99. The van der Waals surface area contributed by atoms with Crippen molar-refractivity contribution in [2.45, 2.75) is 25.7 Å². The molecule has 0 aromatic rings. The van der Waals surface area contributed by atoms with Crippen molar-refractivity contribution in [3.05, 3.63) is 18.8 Å². The van der Waals surface area contributed by atoms with Gasteiger partial charge in [0.2, 0.25) is 0 Å². The Labute approximate surface area is 69.5 Å². The van der Waals surface area contributed by atoms with Crippen LogP contribution in [-0.4, -0.2) is 11.3 Å². The summed E-state index contributed by atoms with van der Waals surface area (Å²) in [7, 11) is 0.203. The van der Waals surface area contributed by atoms with Gasteiger partial charge in [-0.05, 0) is 25.7 Å². The van der Waals surface area contributed by atoms with E-state index in [1.807, 2.05) is 0 Å². The zero-order valence-corrected chi connectivity index (χ0v) is 7.52. The summed E-state index contributed by atoms with van der Waals surface area (Å²) in [6.07, 6.45) is 5.96. The second kappa shape index (κ2) is 7.90. The van der Waals surface area contributed by atoms with Crippen LogP contribution in [0.5, 0.6) is 0 Å². The van der Waals surface area contributed by atoms with Crippen molar-refractivity contribution in [1.29, 1.82) is 0 Å². The minimum Gasteiger partial charge on any atom is -0.387 e. The summed E-state index contributed by atoms with van der Waals surface area (Å²) in [6.45, 7) is 3.51. The number of hydrogen-bond donors (Lipinski definition) is 1. The first-order chi connectivity index (χ1) is 5.31. The van der Waals surface area contributed by atoms with Gasteiger partial charge in [-0.15, -0.1) is 6.58 Å². The van der Waals surface area contributed by atoms with E-state index in [2.05, 4.69) is 6.58 Å². The second-order valence-electron chi connectivity index (χ2n) is 2.37. The van der Waals surface area contributed by atoms with Crippen LogP contribution in [0.2, 0.25) is 0 Å². The largest absolute Gasteiger partial charge is 0.387 e. The van der Waals surface area contributed by atoms with Gasteiger partial charge in [0, 0.05) is 6.16 Å². The molecule has 0 aliphatic rings. The second-order valence-corrected chi connectivity index (χ2v) is 3.07. The Morgan fingerprint density at radius 3 is 2.82 bits per heavy atom. The summed E-state index contributed by atoms with van der Waals surface area (Å²) in [5.74, 6) is 0.